The lowest BCUT2D eigenvalue weighted by molar-refractivity contribution is 0.0950. The highest BCUT2D eigenvalue weighted by molar-refractivity contribution is 6.46. The second kappa shape index (κ2) is 12.0. The van der Waals surface area contributed by atoms with Crippen molar-refractivity contribution in [2.45, 2.75) is 33.3 Å². The number of pyridine rings is 1. The van der Waals surface area contributed by atoms with Crippen LogP contribution in [0.25, 0.3) is 0 Å². The van der Waals surface area contributed by atoms with Gasteiger partial charge in [-0.3, -0.25) is 4.79 Å². The van der Waals surface area contributed by atoms with Gasteiger partial charge in [-0.05, 0) is 59.9 Å². The third-order valence-corrected chi connectivity index (χ3v) is 6.81. The van der Waals surface area contributed by atoms with Crippen LogP contribution in [0.1, 0.15) is 52.5 Å². The molecule has 2 aromatic carbocycles. The maximum absolute atomic E-state index is 12.5. The number of rotatable bonds is 8. The number of nitrogens with one attached hydrogen (secondary N) is 1. The fourth-order valence-electron chi connectivity index (χ4n) is 3.29. The fourth-order valence-corrected chi connectivity index (χ4v) is 4.06. The Bertz CT molecular complexity index is 1330. The minimum absolute atomic E-state index is 0.0241. The van der Waals surface area contributed by atoms with Crippen LogP contribution in [-0.4, -0.2) is 24.2 Å². The van der Waals surface area contributed by atoms with E-state index in [4.69, 9.17) is 61.6 Å². The van der Waals surface area contributed by atoms with Gasteiger partial charge in [-0.15, -0.1) is 0 Å². The van der Waals surface area contributed by atoms with Gasteiger partial charge in [-0.25, -0.2) is 10.4 Å². The van der Waals surface area contributed by atoms with E-state index in [1.165, 1.54) is 6.21 Å². The van der Waals surface area contributed by atoms with Crippen molar-refractivity contribution in [2.75, 3.05) is 12.8 Å². The minimum Gasteiger partial charge on any atom is -0.496 e. The number of halogens is 4. The molecule has 0 aliphatic carbocycles. The van der Waals surface area contributed by atoms with Crippen LogP contribution in [0, 0.1) is 6.92 Å². The Labute approximate surface area is 229 Å². The number of hydrogen-bond acceptors (Lipinski definition) is 6. The number of nitrogens with zero attached hydrogens (tertiary/aromatic N) is 2. The number of carbonyl (C=O) groups is 1. The van der Waals surface area contributed by atoms with Crippen molar-refractivity contribution in [3.8, 4) is 11.5 Å². The monoisotopic (exact) mass is 568 g/mol. The smallest absolute Gasteiger partial charge is 0.291 e. The summed E-state index contributed by atoms with van der Waals surface area (Å²) < 4.78 is 11.6. The number of hydrogen-bond donors (Lipinski definition) is 2. The molecule has 0 saturated carbocycles. The molecular formula is C25H24Cl4N4O3. The summed E-state index contributed by atoms with van der Waals surface area (Å²) in [5.41, 5.74) is 11.3. The molecule has 1 aromatic heterocycles. The second-order valence-electron chi connectivity index (χ2n) is 8.15. The number of aromatic nitrogens is 1. The molecule has 0 bridgehead atoms. The summed E-state index contributed by atoms with van der Waals surface area (Å²) in [5.74, 6) is 0.939. The molecule has 0 aliphatic heterocycles. The first-order valence-corrected chi connectivity index (χ1v) is 12.3. The Morgan fingerprint density at radius 2 is 1.86 bits per heavy atom. The maximum Gasteiger partial charge on any atom is 0.291 e. The zero-order valence-electron chi connectivity index (χ0n) is 20.0. The molecule has 1 amide bonds. The van der Waals surface area contributed by atoms with Crippen LogP contribution in [-0.2, 0) is 6.61 Å². The average Bonchev–Trinajstić information content (AvgIpc) is 2.85. The fraction of sp³-hybridized carbons (Fsp3) is 0.240. The van der Waals surface area contributed by atoms with E-state index >= 15 is 0 Å². The summed E-state index contributed by atoms with van der Waals surface area (Å²) >= 11 is 24.2. The van der Waals surface area contributed by atoms with E-state index in [1.54, 1.807) is 19.2 Å². The predicted octanol–water partition coefficient (Wildman–Crippen LogP) is 7.06. The zero-order valence-corrected chi connectivity index (χ0v) is 23.0. The maximum atomic E-state index is 12.5. The van der Waals surface area contributed by atoms with Crippen LogP contribution >= 0.6 is 46.4 Å². The summed E-state index contributed by atoms with van der Waals surface area (Å²) in [7, 11) is 1.58. The predicted molar refractivity (Wildman–Crippen MR) is 146 cm³/mol. The number of methoxy groups -OCH3 is 1. The molecule has 190 valence electrons. The van der Waals surface area contributed by atoms with Crippen molar-refractivity contribution in [1.82, 2.24) is 10.4 Å². The molecule has 7 nitrogen and oxygen atoms in total. The molecule has 3 aromatic rings. The molecule has 0 radical (unpaired) electrons. The van der Waals surface area contributed by atoms with Gasteiger partial charge >= 0.3 is 0 Å². The van der Waals surface area contributed by atoms with E-state index in [0.29, 0.717) is 16.3 Å². The number of anilines is 1. The highest BCUT2D eigenvalue weighted by Gasteiger charge is 2.19. The number of amides is 1. The molecule has 3 N–H and O–H groups in total. The van der Waals surface area contributed by atoms with Crippen LogP contribution < -0.4 is 20.6 Å². The van der Waals surface area contributed by atoms with Crippen molar-refractivity contribution in [3.05, 3.63) is 78.5 Å². The average molecular weight is 570 g/mol. The first-order chi connectivity index (χ1) is 17.0. The molecule has 11 heteroatoms. The Morgan fingerprint density at radius 1 is 1.14 bits per heavy atom. The highest BCUT2D eigenvalue weighted by atomic mass is 35.5. The van der Waals surface area contributed by atoms with Gasteiger partial charge in [0, 0.05) is 10.6 Å². The van der Waals surface area contributed by atoms with E-state index < -0.39 is 5.91 Å². The summed E-state index contributed by atoms with van der Waals surface area (Å²) in [6.45, 7) is 6.34. The first-order valence-electron chi connectivity index (χ1n) is 10.8. The molecular weight excluding hydrogens is 546 g/mol. The number of nitrogens with two attached hydrogens (primary N) is 1. The lowest BCUT2D eigenvalue weighted by Gasteiger charge is -2.17. The standard InChI is InChI=1S/C25H24Cl4N4O3/c1-12(2)16-9-17(26)13(3)7-19(16)36-11-15-8-14(5-6-18(15)35-4)10-31-33-25(34)23-20(27)22(30)21(28)24(29)32-23/h5-10,12H,11H2,1-4H3,(H2,30,32)(H,33,34)/b31-10-. The third-order valence-electron chi connectivity index (χ3n) is 5.27. The second-order valence-corrected chi connectivity index (χ2v) is 9.67. The van der Waals surface area contributed by atoms with E-state index in [-0.39, 0.29) is 39.1 Å². The van der Waals surface area contributed by atoms with Gasteiger partial charge < -0.3 is 15.2 Å². The number of benzene rings is 2. The Kier molecular flexibility index (Phi) is 9.30. The van der Waals surface area contributed by atoms with Gasteiger partial charge in [0.15, 0.2) is 10.8 Å². The summed E-state index contributed by atoms with van der Waals surface area (Å²) in [5, 5.41) is 4.40. The van der Waals surface area contributed by atoms with Gasteiger partial charge in [-0.2, -0.15) is 5.10 Å². The van der Waals surface area contributed by atoms with Gasteiger partial charge in [0.1, 0.15) is 23.1 Å². The Hall–Kier alpha value is -2.71. The van der Waals surface area contributed by atoms with Crippen molar-refractivity contribution < 1.29 is 14.3 Å². The number of hydrazone groups is 1. The number of carbonyl (C=O) groups excluding carboxylic acids is 1. The van der Waals surface area contributed by atoms with Crippen LogP contribution in [0.5, 0.6) is 11.5 Å². The molecule has 0 fully saturated rings. The minimum atomic E-state index is -0.696. The largest absolute Gasteiger partial charge is 0.496 e. The van der Waals surface area contributed by atoms with Crippen molar-refractivity contribution >= 4 is 64.2 Å². The van der Waals surface area contributed by atoms with Gasteiger partial charge in [0.25, 0.3) is 5.91 Å². The van der Waals surface area contributed by atoms with Crippen molar-refractivity contribution in [1.29, 1.82) is 0 Å². The van der Waals surface area contributed by atoms with Crippen LogP contribution in [0.3, 0.4) is 0 Å². The Balaban J connectivity index is 1.77. The third kappa shape index (κ3) is 6.34. The van der Waals surface area contributed by atoms with Crippen molar-refractivity contribution in [3.63, 3.8) is 0 Å². The molecule has 3 rings (SSSR count). The topological polar surface area (TPSA) is 98.8 Å². The number of aryl methyl sites for hydroxylation is 1. The number of nitrogen functional groups attached to an aromatic ring is 1. The lowest BCUT2D eigenvalue weighted by atomic mass is 10.0. The quantitative estimate of drug-likeness (QED) is 0.172. The molecule has 1 heterocycles. The normalized spacial score (nSPS) is 11.2. The van der Waals surface area contributed by atoms with E-state index in [1.807, 2.05) is 25.1 Å². The summed E-state index contributed by atoms with van der Waals surface area (Å²) in [6.07, 6.45) is 1.46. The Morgan fingerprint density at radius 3 is 2.53 bits per heavy atom. The molecule has 0 spiro atoms. The van der Waals surface area contributed by atoms with E-state index in [2.05, 4.69) is 29.4 Å². The molecule has 36 heavy (non-hydrogen) atoms. The molecule has 0 aliphatic rings. The van der Waals surface area contributed by atoms with Crippen LogP contribution in [0.4, 0.5) is 5.69 Å². The van der Waals surface area contributed by atoms with Gasteiger partial charge in [-0.1, -0.05) is 60.3 Å². The highest BCUT2D eigenvalue weighted by Crippen LogP contribution is 2.35. The lowest BCUT2D eigenvalue weighted by Crippen LogP contribution is -2.20. The van der Waals surface area contributed by atoms with Crippen molar-refractivity contribution in [2.24, 2.45) is 5.10 Å². The molecule has 0 atom stereocenters. The van der Waals surface area contributed by atoms with E-state index in [0.717, 1.165) is 22.4 Å². The summed E-state index contributed by atoms with van der Waals surface area (Å²) in [6, 6.07) is 9.28. The first kappa shape index (κ1) is 27.9. The molecule has 0 unspecified atom stereocenters. The molecule has 0 saturated heterocycles. The van der Waals surface area contributed by atoms with Crippen LogP contribution in [0.2, 0.25) is 20.2 Å². The number of ether oxygens (including phenoxy) is 2. The van der Waals surface area contributed by atoms with Crippen LogP contribution in [0.15, 0.2) is 35.4 Å². The zero-order chi connectivity index (χ0) is 26.6. The van der Waals surface area contributed by atoms with Gasteiger partial charge in [0.2, 0.25) is 0 Å². The summed E-state index contributed by atoms with van der Waals surface area (Å²) in [4.78, 5) is 16.3. The van der Waals surface area contributed by atoms with Gasteiger partial charge in [0.05, 0.1) is 24.0 Å². The van der Waals surface area contributed by atoms with E-state index in [9.17, 15) is 4.79 Å². The SMILES string of the molecule is COc1ccc(/C=N\NC(=O)c2nc(Cl)c(Cl)c(N)c2Cl)cc1COc1cc(C)c(Cl)cc1C(C)C.